The minimum Gasteiger partial charge on any atom is -0.0877 e. The Bertz CT molecular complexity index is 102. The van der Waals surface area contributed by atoms with E-state index >= 15 is 0 Å². The quantitative estimate of drug-likeness (QED) is 0.514. The molecule has 1 radical (unpaired) electrons. The van der Waals surface area contributed by atoms with Crippen LogP contribution in [0.4, 0.5) is 0 Å². The molecule has 0 spiro atoms. The monoisotopic (exact) mass is 139 g/mol. The molecule has 0 bridgehead atoms. The third-order valence-electron chi connectivity index (χ3n) is 1.16. The zero-order valence-corrected chi connectivity index (χ0v) is 7.65. The molecule has 1 atom stereocenters. The summed E-state index contributed by atoms with van der Waals surface area (Å²) in [6, 6.07) is 0. The van der Waals surface area contributed by atoms with Crippen LogP contribution in [-0.4, -0.2) is 0 Å². The van der Waals surface area contributed by atoms with Crippen LogP contribution in [0.3, 0.4) is 0 Å². The highest BCUT2D eigenvalue weighted by Crippen LogP contribution is 2.15. The Morgan fingerprint density at radius 2 is 1.90 bits per heavy atom. The van der Waals surface area contributed by atoms with Crippen LogP contribution in [0.5, 0.6) is 0 Å². The first kappa shape index (κ1) is 9.74. The Kier molecular flexibility index (Phi) is 3.70. The van der Waals surface area contributed by atoms with Crippen LogP contribution in [-0.2, 0) is 0 Å². The average Bonchev–Trinajstić information content (AvgIpc) is 1.59. The van der Waals surface area contributed by atoms with Gasteiger partial charge in [-0.2, -0.15) is 0 Å². The summed E-state index contributed by atoms with van der Waals surface area (Å²) in [6.45, 7) is 12.7. The van der Waals surface area contributed by atoms with Gasteiger partial charge in [0.25, 0.3) is 0 Å². The van der Waals surface area contributed by atoms with Crippen molar-refractivity contribution in [1.29, 1.82) is 0 Å². The van der Waals surface area contributed by atoms with Crippen LogP contribution in [0.2, 0.25) is 0 Å². The molecule has 0 nitrogen and oxygen atoms in total. The first-order chi connectivity index (χ1) is 4.42. The topological polar surface area (TPSA) is 0 Å². The van der Waals surface area contributed by atoms with Crippen molar-refractivity contribution in [2.75, 3.05) is 0 Å². The summed E-state index contributed by atoms with van der Waals surface area (Å²) < 4.78 is 0. The van der Waals surface area contributed by atoms with Crippen LogP contribution in [0, 0.1) is 18.3 Å². The standard InChI is InChI=1S/C10H19/c1-9(2)7-6-8-10(3,4)5/h6,8-9H,1,7H2,2-5H3. The van der Waals surface area contributed by atoms with E-state index < -0.39 is 0 Å². The van der Waals surface area contributed by atoms with Gasteiger partial charge in [0, 0.05) is 0 Å². The van der Waals surface area contributed by atoms with Gasteiger partial charge in [-0.15, -0.1) is 0 Å². The predicted octanol–water partition coefficient (Wildman–Crippen LogP) is 3.45. The molecule has 0 heterocycles. The van der Waals surface area contributed by atoms with Crippen LogP contribution < -0.4 is 0 Å². The van der Waals surface area contributed by atoms with E-state index in [1.807, 2.05) is 0 Å². The fourth-order valence-corrected chi connectivity index (χ4v) is 0.654. The van der Waals surface area contributed by atoms with Crippen LogP contribution in [0.1, 0.15) is 34.1 Å². The van der Waals surface area contributed by atoms with E-state index in [-0.39, 0.29) is 0 Å². The summed E-state index contributed by atoms with van der Waals surface area (Å²) in [5.41, 5.74) is 0.328. The van der Waals surface area contributed by atoms with Crippen molar-refractivity contribution in [3.63, 3.8) is 0 Å². The zero-order valence-electron chi connectivity index (χ0n) is 7.65. The molecular formula is C10H19. The van der Waals surface area contributed by atoms with E-state index in [0.29, 0.717) is 11.3 Å². The van der Waals surface area contributed by atoms with Gasteiger partial charge in [-0.05, 0) is 17.8 Å². The number of allylic oxidation sites excluding steroid dienone is 2. The van der Waals surface area contributed by atoms with Crippen molar-refractivity contribution in [1.82, 2.24) is 0 Å². The third kappa shape index (κ3) is 7.74. The van der Waals surface area contributed by atoms with E-state index in [1.165, 1.54) is 0 Å². The molecule has 0 aliphatic carbocycles. The molecule has 0 heteroatoms. The van der Waals surface area contributed by atoms with Crippen LogP contribution in [0.15, 0.2) is 12.2 Å². The maximum Gasteiger partial charge on any atom is -0.0203 e. The molecule has 0 fully saturated rings. The molecule has 59 valence electrons. The lowest BCUT2D eigenvalue weighted by atomic mass is 9.95. The molecule has 0 amide bonds. The molecule has 0 saturated carbocycles. The fourth-order valence-electron chi connectivity index (χ4n) is 0.654. The van der Waals surface area contributed by atoms with Gasteiger partial charge in [-0.1, -0.05) is 46.8 Å². The van der Waals surface area contributed by atoms with Gasteiger partial charge in [0.05, 0.1) is 0 Å². The summed E-state index contributed by atoms with van der Waals surface area (Å²) in [7, 11) is 0. The summed E-state index contributed by atoms with van der Waals surface area (Å²) in [4.78, 5) is 0. The number of hydrogen-bond acceptors (Lipinski definition) is 0. The average molecular weight is 139 g/mol. The molecule has 0 aliphatic rings. The highest BCUT2D eigenvalue weighted by molar-refractivity contribution is 4.92. The van der Waals surface area contributed by atoms with E-state index in [9.17, 15) is 0 Å². The van der Waals surface area contributed by atoms with Gasteiger partial charge in [0.15, 0.2) is 0 Å². The Labute approximate surface area is 65.3 Å². The number of rotatable bonds is 2. The summed E-state index contributed by atoms with van der Waals surface area (Å²) in [5, 5.41) is 0. The first-order valence-electron chi connectivity index (χ1n) is 3.92. The van der Waals surface area contributed by atoms with Gasteiger partial charge in [-0.25, -0.2) is 0 Å². The van der Waals surface area contributed by atoms with E-state index in [0.717, 1.165) is 6.42 Å². The molecule has 10 heavy (non-hydrogen) atoms. The molecule has 0 aromatic rings. The molecule has 0 aliphatic heterocycles. The highest BCUT2D eigenvalue weighted by atomic mass is 14.1. The minimum atomic E-state index is 0.328. The summed E-state index contributed by atoms with van der Waals surface area (Å²) in [6.07, 6.45) is 5.56. The van der Waals surface area contributed by atoms with Crippen LogP contribution in [0.25, 0.3) is 0 Å². The molecule has 0 saturated heterocycles. The van der Waals surface area contributed by atoms with Gasteiger partial charge in [0.2, 0.25) is 0 Å². The largest absolute Gasteiger partial charge is 0.0877 e. The highest BCUT2D eigenvalue weighted by Gasteiger charge is 2.02. The lowest BCUT2D eigenvalue weighted by Gasteiger charge is -2.11. The Balaban J connectivity index is 3.57. The predicted molar refractivity (Wildman–Crippen MR) is 47.7 cm³/mol. The maximum atomic E-state index is 3.91. The molecule has 1 unspecified atom stereocenters. The Hall–Kier alpha value is -0.260. The lowest BCUT2D eigenvalue weighted by Crippen LogP contribution is -1.98. The maximum absolute atomic E-state index is 3.91. The van der Waals surface area contributed by atoms with Crippen LogP contribution >= 0.6 is 0 Å². The SMILES string of the molecule is [CH2]C(C)CC=CC(C)(C)C. The minimum absolute atomic E-state index is 0.328. The van der Waals surface area contributed by atoms with Gasteiger partial charge in [0.1, 0.15) is 0 Å². The molecule has 0 aromatic carbocycles. The van der Waals surface area contributed by atoms with Crippen molar-refractivity contribution >= 4 is 0 Å². The fraction of sp³-hybridized carbons (Fsp3) is 0.700. The van der Waals surface area contributed by atoms with E-state index in [2.05, 4.69) is 46.8 Å². The molecule has 0 rings (SSSR count). The van der Waals surface area contributed by atoms with Crippen molar-refractivity contribution in [2.45, 2.75) is 34.1 Å². The summed E-state index contributed by atoms with van der Waals surface area (Å²) in [5.74, 6) is 0.540. The third-order valence-corrected chi connectivity index (χ3v) is 1.16. The molecular weight excluding hydrogens is 120 g/mol. The first-order valence-corrected chi connectivity index (χ1v) is 3.92. The van der Waals surface area contributed by atoms with Crippen molar-refractivity contribution in [3.05, 3.63) is 19.1 Å². The Morgan fingerprint density at radius 1 is 1.40 bits per heavy atom. The van der Waals surface area contributed by atoms with Crippen molar-refractivity contribution in [2.24, 2.45) is 11.3 Å². The number of hydrogen-bond donors (Lipinski definition) is 0. The normalized spacial score (nSPS) is 13.4. The van der Waals surface area contributed by atoms with Crippen molar-refractivity contribution < 1.29 is 0 Å². The van der Waals surface area contributed by atoms with E-state index in [4.69, 9.17) is 0 Å². The lowest BCUT2D eigenvalue weighted by molar-refractivity contribution is 0.540. The van der Waals surface area contributed by atoms with Gasteiger partial charge >= 0.3 is 0 Å². The second kappa shape index (κ2) is 3.80. The second-order valence-corrected chi connectivity index (χ2v) is 4.11. The smallest absolute Gasteiger partial charge is 0.0203 e. The van der Waals surface area contributed by atoms with Gasteiger partial charge in [-0.3, -0.25) is 0 Å². The summed E-state index contributed by atoms with van der Waals surface area (Å²) >= 11 is 0. The second-order valence-electron chi connectivity index (χ2n) is 4.11. The zero-order chi connectivity index (χ0) is 8.20. The van der Waals surface area contributed by atoms with Crippen molar-refractivity contribution in [3.8, 4) is 0 Å². The Morgan fingerprint density at radius 3 is 2.20 bits per heavy atom. The molecule has 0 N–H and O–H groups in total. The van der Waals surface area contributed by atoms with E-state index in [1.54, 1.807) is 0 Å². The molecule has 0 aromatic heterocycles. The van der Waals surface area contributed by atoms with Gasteiger partial charge < -0.3 is 0 Å².